The molecule has 0 aromatic heterocycles. The molecule has 0 saturated heterocycles. The van der Waals surface area contributed by atoms with Crippen LogP contribution in [0.4, 0.5) is 0 Å². The van der Waals surface area contributed by atoms with Crippen molar-refractivity contribution in [2.24, 2.45) is 11.1 Å². The first kappa shape index (κ1) is 10.4. The predicted octanol–water partition coefficient (Wildman–Crippen LogP) is 0.921. The molecule has 0 unspecified atom stereocenters. The first-order valence-electron chi connectivity index (χ1n) is 4.60. The van der Waals surface area contributed by atoms with Gasteiger partial charge in [-0.05, 0) is 19.3 Å². The van der Waals surface area contributed by atoms with Gasteiger partial charge in [-0.25, -0.2) is 0 Å². The van der Waals surface area contributed by atoms with E-state index in [0.29, 0.717) is 4.99 Å². The summed E-state index contributed by atoms with van der Waals surface area (Å²) >= 11 is 4.90. The van der Waals surface area contributed by atoms with Crippen LogP contribution >= 0.6 is 12.2 Å². The summed E-state index contributed by atoms with van der Waals surface area (Å²) in [5, 5.41) is 0. The van der Waals surface area contributed by atoms with E-state index in [1.165, 1.54) is 0 Å². The van der Waals surface area contributed by atoms with E-state index in [-0.39, 0.29) is 5.91 Å². The van der Waals surface area contributed by atoms with E-state index in [9.17, 15) is 4.79 Å². The first-order valence-corrected chi connectivity index (χ1v) is 5.01. The molecule has 3 nitrogen and oxygen atoms in total. The average molecular weight is 200 g/mol. The third-order valence-electron chi connectivity index (χ3n) is 2.54. The Bertz CT molecular complexity index is 236. The van der Waals surface area contributed by atoms with Gasteiger partial charge in [-0.2, -0.15) is 0 Å². The Balaban J connectivity index is 2.62. The molecule has 0 bridgehead atoms. The first-order chi connectivity index (χ1) is 6.04. The van der Waals surface area contributed by atoms with Crippen LogP contribution in [0, 0.1) is 5.41 Å². The number of thiocarbonyl (C=S) groups is 1. The minimum Gasteiger partial charge on any atom is -0.392 e. The molecule has 1 aliphatic rings. The van der Waals surface area contributed by atoms with Gasteiger partial charge in [-0.3, -0.25) is 4.79 Å². The summed E-state index contributed by atoms with van der Waals surface area (Å²) in [6.07, 6.45) is 2.63. The second-order valence-corrected chi connectivity index (χ2v) is 4.11. The van der Waals surface area contributed by atoms with Gasteiger partial charge in [-0.15, -0.1) is 0 Å². The molecule has 13 heavy (non-hydrogen) atoms. The lowest BCUT2D eigenvalue weighted by molar-refractivity contribution is -0.133. The number of nitrogens with zero attached hydrogens (tertiary/aromatic N) is 1. The molecule has 74 valence electrons. The number of amides is 1. The lowest BCUT2D eigenvalue weighted by Gasteiger charge is -2.22. The van der Waals surface area contributed by atoms with Crippen LogP contribution in [0.5, 0.6) is 0 Å². The lowest BCUT2D eigenvalue weighted by atomic mass is 10.1. The van der Waals surface area contributed by atoms with Crippen LogP contribution < -0.4 is 5.73 Å². The van der Waals surface area contributed by atoms with Crippen molar-refractivity contribution in [3.63, 3.8) is 0 Å². The number of rotatable bonds is 4. The Morgan fingerprint density at radius 2 is 2.15 bits per heavy atom. The largest absolute Gasteiger partial charge is 0.392 e. The fourth-order valence-corrected chi connectivity index (χ4v) is 1.78. The molecule has 1 saturated carbocycles. The quantitative estimate of drug-likeness (QED) is 0.686. The Kier molecular flexibility index (Phi) is 2.91. The van der Waals surface area contributed by atoms with E-state index in [2.05, 4.69) is 0 Å². The molecule has 4 heteroatoms. The Morgan fingerprint density at radius 1 is 1.62 bits per heavy atom. The van der Waals surface area contributed by atoms with Gasteiger partial charge >= 0.3 is 0 Å². The predicted molar refractivity (Wildman–Crippen MR) is 56.4 cm³/mol. The smallest absolute Gasteiger partial charge is 0.235 e. The summed E-state index contributed by atoms with van der Waals surface area (Å²) in [7, 11) is 1.81. The van der Waals surface area contributed by atoms with E-state index in [0.717, 1.165) is 25.8 Å². The maximum Gasteiger partial charge on any atom is 0.235 e. The van der Waals surface area contributed by atoms with Gasteiger partial charge in [0.2, 0.25) is 5.91 Å². The molecule has 1 rings (SSSR count). The number of carbonyl (C=O) groups excluding carboxylic acids is 1. The number of hydrogen-bond acceptors (Lipinski definition) is 2. The monoisotopic (exact) mass is 200 g/mol. The molecule has 0 aliphatic heterocycles. The molecule has 0 heterocycles. The zero-order valence-corrected chi connectivity index (χ0v) is 8.99. The minimum absolute atomic E-state index is 0.0989. The van der Waals surface area contributed by atoms with Gasteiger partial charge in [0.25, 0.3) is 0 Å². The molecule has 1 fully saturated rings. The SMILES string of the molecule is CCCN(C)C(=O)C1(C(N)=S)CC1. The van der Waals surface area contributed by atoms with E-state index < -0.39 is 5.41 Å². The molecular formula is C9H16N2OS. The highest BCUT2D eigenvalue weighted by molar-refractivity contribution is 7.80. The van der Waals surface area contributed by atoms with Crippen LogP contribution in [-0.4, -0.2) is 29.4 Å². The van der Waals surface area contributed by atoms with Crippen LogP contribution in [0.15, 0.2) is 0 Å². The van der Waals surface area contributed by atoms with Crippen LogP contribution in [0.25, 0.3) is 0 Å². The minimum atomic E-state index is -0.473. The van der Waals surface area contributed by atoms with E-state index >= 15 is 0 Å². The number of nitrogens with two attached hydrogens (primary N) is 1. The highest BCUT2D eigenvalue weighted by Crippen LogP contribution is 2.47. The zero-order valence-electron chi connectivity index (χ0n) is 8.17. The van der Waals surface area contributed by atoms with E-state index in [1.54, 1.807) is 4.90 Å². The van der Waals surface area contributed by atoms with Gasteiger partial charge in [0, 0.05) is 13.6 Å². The number of carbonyl (C=O) groups is 1. The van der Waals surface area contributed by atoms with Crippen LogP contribution in [0.3, 0.4) is 0 Å². The summed E-state index contributed by atoms with van der Waals surface area (Å²) in [5.41, 5.74) is 5.08. The van der Waals surface area contributed by atoms with Crippen molar-refractivity contribution in [3.8, 4) is 0 Å². The maximum absolute atomic E-state index is 11.8. The lowest BCUT2D eigenvalue weighted by Crippen LogP contribution is -2.41. The highest BCUT2D eigenvalue weighted by Gasteiger charge is 2.53. The molecule has 0 aromatic rings. The van der Waals surface area contributed by atoms with Gasteiger partial charge in [0.05, 0.1) is 10.4 Å². The van der Waals surface area contributed by atoms with Crippen molar-refractivity contribution in [3.05, 3.63) is 0 Å². The fourth-order valence-electron chi connectivity index (χ4n) is 1.49. The third-order valence-corrected chi connectivity index (χ3v) is 2.93. The van der Waals surface area contributed by atoms with Crippen molar-refractivity contribution < 1.29 is 4.79 Å². The Labute approximate surface area is 84.3 Å². The van der Waals surface area contributed by atoms with Crippen LogP contribution in [0.1, 0.15) is 26.2 Å². The van der Waals surface area contributed by atoms with Crippen LogP contribution in [0.2, 0.25) is 0 Å². The fraction of sp³-hybridized carbons (Fsp3) is 0.778. The summed E-state index contributed by atoms with van der Waals surface area (Å²) in [5.74, 6) is 0.0989. The van der Waals surface area contributed by atoms with E-state index in [1.807, 2.05) is 14.0 Å². The standard InChI is InChI=1S/C9H16N2OS/c1-3-6-11(2)8(12)9(4-5-9)7(10)13/h3-6H2,1-2H3,(H2,10,13). The second-order valence-electron chi connectivity index (χ2n) is 3.67. The Morgan fingerprint density at radius 3 is 2.46 bits per heavy atom. The molecule has 0 atom stereocenters. The van der Waals surface area contributed by atoms with E-state index in [4.69, 9.17) is 18.0 Å². The van der Waals surface area contributed by atoms with Gasteiger partial charge < -0.3 is 10.6 Å². The van der Waals surface area contributed by atoms with Crippen molar-refractivity contribution >= 4 is 23.1 Å². The molecular weight excluding hydrogens is 184 g/mol. The Hall–Kier alpha value is -0.640. The van der Waals surface area contributed by atoms with Gasteiger partial charge in [0.1, 0.15) is 0 Å². The number of hydrogen-bond donors (Lipinski definition) is 1. The maximum atomic E-state index is 11.8. The van der Waals surface area contributed by atoms with Crippen LogP contribution in [-0.2, 0) is 4.79 Å². The molecule has 1 aliphatic carbocycles. The van der Waals surface area contributed by atoms with Crippen molar-refractivity contribution in [1.29, 1.82) is 0 Å². The third kappa shape index (κ3) is 1.82. The molecule has 0 aromatic carbocycles. The van der Waals surface area contributed by atoms with Crippen molar-refractivity contribution in [1.82, 2.24) is 4.90 Å². The highest BCUT2D eigenvalue weighted by atomic mass is 32.1. The average Bonchev–Trinajstić information content (AvgIpc) is 2.83. The van der Waals surface area contributed by atoms with Crippen molar-refractivity contribution in [2.75, 3.05) is 13.6 Å². The van der Waals surface area contributed by atoms with Gasteiger partial charge in [-0.1, -0.05) is 19.1 Å². The summed E-state index contributed by atoms with van der Waals surface area (Å²) < 4.78 is 0. The normalized spacial score (nSPS) is 18.0. The summed E-state index contributed by atoms with van der Waals surface area (Å²) in [6.45, 7) is 2.83. The topological polar surface area (TPSA) is 46.3 Å². The van der Waals surface area contributed by atoms with Gasteiger partial charge in [0.15, 0.2) is 0 Å². The molecule has 2 N–H and O–H groups in total. The summed E-state index contributed by atoms with van der Waals surface area (Å²) in [6, 6.07) is 0. The molecule has 1 amide bonds. The molecule has 0 radical (unpaired) electrons. The zero-order chi connectivity index (χ0) is 10.1. The van der Waals surface area contributed by atoms with Crippen molar-refractivity contribution in [2.45, 2.75) is 26.2 Å². The second kappa shape index (κ2) is 3.62. The summed E-state index contributed by atoms with van der Waals surface area (Å²) in [4.78, 5) is 13.9. The molecule has 0 spiro atoms.